The number of hydrogen-bond donors (Lipinski definition) is 2. The normalized spacial score (nSPS) is 10.0. The molecule has 0 aliphatic rings. The van der Waals surface area contributed by atoms with Crippen molar-refractivity contribution in [1.29, 1.82) is 0 Å². The smallest absolute Gasteiger partial charge is 0.0599 e. The molecule has 0 heterocycles. The van der Waals surface area contributed by atoms with Crippen LogP contribution in [0.5, 0.6) is 0 Å². The lowest BCUT2D eigenvalue weighted by atomic mass is 10.4. The van der Waals surface area contributed by atoms with Crippen molar-refractivity contribution >= 4 is 0 Å². The van der Waals surface area contributed by atoms with Crippen LogP contribution in [-0.4, -0.2) is 48.0 Å². The molecule has 2 N–H and O–H groups in total. The molecule has 3 nitrogen and oxygen atoms in total. The maximum Gasteiger partial charge on any atom is 0.0599 e. The molecular weight excluding hydrogens is 142 g/mol. The maximum atomic E-state index is 8.59. The van der Waals surface area contributed by atoms with Gasteiger partial charge in [-0.25, -0.2) is 0 Å². The quantitative estimate of drug-likeness (QED) is 0.501. The van der Waals surface area contributed by atoms with Gasteiger partial charge in [-0.05, 0) is 6.42 Å². The topological polar surface area (TPSA) is 43.7 Å². The molecule has 0 aromatic rings. The van der Waals surface area contributed by atoms with E-state index in [9.17, 15) is 0 Å². The summed E-state index contributed by atoms with van der Waals surface area (Å²) in [5.41, 5.74) is 0. The first-order valence-electron chi connectivity index (χ1n) is 3.72. The van der Waals surface area contributed by atoms with E-state index in [4.69, 9.17) is 16.6 Å². The van der Waals surface area contributed by atoms with Crippen molar-refractivity contribution in [2.45, 2.75) is 6.42 Å². The highest BCUT2D eigenvalue weighted by atomic mass is 16.3. The minimum Gasteiger partial charge on any atom is -0.396 e. The maximum absolute atomic E-state index is 8.59. The Morgan fingerprint density at radius 3 is 2.36 bits per heavy atom. The van der Waals surface area contributed by atoms with Crippen molar-refractivity contribution < 1.29 is 10.2 Å². The molecule has 64 valence electrons. The monoisotopic (exact) mass is 157 g/mol. The van der Waals surface area contributed by atoms with Crippen LogP contribution >= 0.6 is 0 Å². The predicted octanol–water partition coefficient (Wildman–Crippen LogP) is -0.704. The highest BCUT2D eigenvalue weighted by molar-refractivity contribution is 4.87. The van der Waals surface area contributed by atoms with E-state index in [0.29, 0.717) is 19.5 Å². The van der Waals surface area contributed by atoms with Crippen LogP contribution in [0, 0.1) is 12.3 Å². The van der Waals surface area contributed by atoms with Crippen LogP contribution in [0.4, 0.5) is 0 Å². The van der Waals surface area contributed by atoms with Crippen LogP contribution in [0.15, 0.2) is 0 Å². The second kappa shape index (κ2) is 7.55. The number of rotatable bonds is 6. The van der Waals surface area contributed by atoms with E-state index in [2.05, 4.69) is 5.92 Å². The second-order valence-electron chi connectivity index (χ2n) is 2.28. The van der Waals surface area contributed by atoms with Gasteiger partial charge in [-0.1, -0.05) is 5.92 Å². The van der Waals surface area contributed by atoms with Crippen LogP contribution in [-0.2, 0) is 0 Å². The summed E-state index contributed by atoms with van der Waals surface area (Å²) in [7, 11) is 0. The molecule has 0 aromatic heterocycles. The molecule has 0 bridgehead atoms. The minimum atomic E-state index is 0.118. The van der Waals surface area contributed by atoms with Crippen molar-refractivity contribution in [1.82, 2.24) is 4.90 Å². The van der Waals surface area contributed by atoms with Gasteiger partial charge in [-0.3, -0.25) is 4.90 Å². The molecule has 0 aliphatic heterocycles. The molecule has 0 aromatic carbocycles. The summed E-state index contributed by atoms with van der Waals surface area (Å²) in [6, 6.07) is 0. The van der Waals surface area contributed by atoms with E-state index < -0.39 is 0 Å². The van der Waals surface area contributed by atoms with E-state index in [-0.39, 0.29) is 13.2 Å². The Bertz CT molecular complexity index is 120. The van der Waals surface area contributed by atoms with Gasteiger partial charge in [0.05, 0.1) is 13.2 Å². The lowest BCUT2D eigenvalue weighted by molar-refractivity contribution is 0.192. The molecule has 0 aliphatic carbocycles. The summed E-state index contributed by atoms with van der Waals surface area (Å²) in [5, 5.41) is 17.1. The fourth-order valence-corrected chi connectivity index (χ4v) is 0.835. The zero-order valence-electron chi connectivity index (χ0n) is 6.66. The van der Waals surface area contributed by atoms with Crippen molar-refractivity contribution in [3.05, 3.63) is 0 Å². The van der Waals surface area contributed by atoms with Gasteiger partial charge in [0.15, 0.2) is 0 Å². The van der Waals surface area contributed by atoms with E-state index in [1.54, 1.807) is 0 Å². The predicted molar refractivity (Wildman–Crippen MR) is 44.1 cm³/mol. The lowest BCUT2D eigenvalue weighted by Gasteiger charge is -2.17. The molecule has 3 heteroatoms. The summed E-state index contributed by atoms with van der Waals surface area (Å²) >= 11 is 0. The van der Waals surface area contributed by atoms with Gasteiger partial charge in [0, 0.05) is 19.7 Å². The molecule has 0 spiro atoms. The molecule has 0 fully saturated rings. The zero-order chi connectivity index (χ0) is 8.53. The summed E-state index contributed by atoms with van der Waals surface area (Å²) in [4.78, 5) is 1.93. The van der Waals surface area contributed by atoms with Gasteiger partial charge < -0.3 is 10.2 Å². The third-order valence-electron chi connectivity index (χ3n) is 1.36. The average molecular weight is 157 g/mol. The number of nitrogens with zero attached hydrogens (tertiary/aromatic N) is 1. The first-order chi connectivity index (χ1) is 5.35. The number of aliphatic hydroxyl groups excluding tert-OH is 2. The molecule has 0 atom stereocenters. The summed E-state index contributed by atoms with van der Waals surface area (Å²) in [6.07, 6.45) is 5.81. The van der Waals surface area contributed by atoms with Gasteiger partial charge in [-0.2, -0.15) is 0 Å². The van der Waals surface area contributed by atoms with Gasteiger partial charge in [0.1, 0.15) is 0 Å². The molecule has 0 radical (unpaired) electrons. The van der Waals surface area contributed by atoms with E-state index in [0.717, 1.165) is 6.54 Å². The van der Waals surface area contributed by atoms with E-state index in [1.165, 1.54) is 0 Å². The third-order valence-corrected chi connectivity index (χ3v) is 1.36. The van der Waals surface area contributed by atoms with Gasteiger partial charge >= 0.3 is 0 Å². The molecule has 0 saturated carbocycles. The van der Waals surface area contributed by atoms with E-state index in [1.807, 2.05) is 4.90 Å². The van der Waals surface area contributed by atoms with Crippen LogP contribution < -0.4 is 0 Å². The van der Waals surface area contributed by atoms with Crippen LogP contribution in [0.3, 0.4) is 0 Å². The third kappa shape index (κ3) is 5.86. The SMILES string of the molecule is C#CCN(CCO)CCCO. The van der Waals surface area contributed by atoms with Crippen LogP contribution in [0.1, 0.15) is 6.42 Å². The summed E-state index contributed by atoms with van der Waals surface area (Å²) in [5.74, 6) is 2.49. The molecule has 0 amide bonds. The molecule has 0 rings (SSSR count). The molecule has 0 unspecified atom stereocenters. The Kier molecular flexibility index (Phi) is 7.16. The van der Waals surface area contributed by atoms with Gasteiger partial charge in [0.2, 0.25) is 0 Å². The first-order valence-corrected chi connectivity index (χ1v) is 3.72. The average Bonchev–Trinajstić information content (AvgIpc) is 2.01. The first kappa shape index (κ1) is 10.4. The van der Waals surface area contributed by atoms with E-state index >= 15 is 0 Å². The van der Waals surface area contributed by atoms with Crippen molar-refractivity contribution in [3.63, 3.8) is 0 Å². The summed E-state index contributed by atoms with van der Waals surface area (Å²) < 4.78 is 0. The van der Waals surface area contributed by atoms with Gasteiger partial charge in [-0.15, -0.1) is 6.42 Å². The Morgan fingerprint density at radius 1 is 1.18 bits per heavy atom. The van der Waals surface area contributed by atoms with Gasteiger partial charge in [0.25, 0.3) is 0 Å². The zero-order valence-corrected chi connectivity index (χ0v) is 6.66. The Hall–Kier alpha value is -0.560. The number of aliphatic hydroxyl groups is 2. The molecule has 11 heavy (non-hydrogen) atoms. The largest absolute Gasteiger partial charge is 0.396 e. The highest BCUT2D eigenvalue weighted by Crippen LogP contribution is 1.88. The van der Waals surface area contributed by atoms with Crippen molar-refractivity contribution in [2.75, 3.05) is 32.8 Å². The fraction of sp³-hybridized carbons (Fsp3) is 0.750. The Morgan fingerprint density at radius 2 is 1.91 bits per heavy atom. The van der Waals surface area contributed by atoms with Crippen LogP contribution in [0.2, 0.25) is 0 Å². The molecule has 0 saturated heterocycles. The highest BCUT2D eigenvalue weighted by Gasteiger charge is 1.99. The van der Waals surface area contributed by atoms with Crippen LogP contribution in [0.25, 0.3) is 0 Å². The Labute approximate surface area is 67.6 Å². The standard InChI is InChI=1S/C8H15NO2/c1-2-4-9(6-8-11)5-3-7-10/h1,10-11H,3-8H2. The minimum absolute atomic E-state index is 0.118. The Balaban J connectivity index is 3.44. The summed E-state index contributed by atoms with van der Waals surface area (Å²) in [6.45, 7) is 2.17. The number of terminal acetylenes is 1. The fourth-order valence-electron chi connectivity index (χ4n) is 0.835. The number of hydrogen-bond acceptors (Lipinski definition) is 3. The van der Waals surface area contributed by atoms with Crippen molar-refractivity contribution in [2.24, 2.45) is 0 Å². The van der Waals surface area contributed by atoms with Crippen molar-refractivity contribution in [3.8, 4) is 12.3 Å². The lowest BCUT2D eigenvalue weighted by Crippen LogP contribution is -2.28. The molecular formula is C8H15NO2. The second-order valence-corrected chi connectivity index (χ2v) is 2.28.